The maximum absolute atomic E-state index is 12.6. The number of nitrogens with one attached hydrogen (secondary N) is 5. The van der Waals surface area contributed by atoms with Crippen molar-refractivity contribution in [1.82, 2.24) is 15.3 Å². The normalized spacial score (nSPS) is 11.0. The SMILES string of the molecule is C=CC(=O)NCCOc1ccccc1N/N=C(\C(C)=O)C(=O)Nc1ccc2[nH]c(=O)[nH]c2c1. The Morgan fingerprint density at radius 2 is 1.88 bits per heavy atom. The van der Waals surface area contributed by atoms with Crippen LogP contribution >= 0.6 is 0 Å². The van der Waals surface area contributed by atoms with E-state index in [1.807, 2.05) is 0 Å². The number of H-pyrrole nitrogens is 2. The molecule has 3 rings (SSSR count). The van der Waals surface area contributed by atoms with Crippen LogP contribution in [0, 0.1) is 0 Å². The third-order valence-corrected chi connectivity index (χ3v) is 4.34. The molecule has 5 N–H and O–H groups in total. The summed E-state index contributed by atoms with van der Waals surface area (Å²) in [5, 5.41) is 9.14. The molecule has 170 valence electrons. The van der Waals surface area contributed by atoms with Gasteiger partial charge < -0.3 is 25.3 Å². The Balaban J connectivity index is 1.69. The molecule has 0 aliphatic carbocycles. The summed E-state index contributed by atoms with van der Waals surface area (Å²) in [5.41, 5.74) is 3.85. The number of aromatic nitrogens is 2. The van der Waals surface area contributed by atoms with Crippen molar-refractivity contribution >= 4 is 45.7 Å². The first-order valence-corrected chi connectivity index (χ1v) is 9.87. The molecule has 0 spiro atoms. The van der Waals surface area contributed by atoms with E-state index in [0.717, 1.165) is 6.08 Å². The van der Waals surface area contributed by atoms with Crippen molar-refractivity contribution in [3.8, 4) is 5.75 Å². The highest BCUT2D eigenvalue weighted by atomic mass is 16.5. The molecule has 0 unspecified atom stereocenters. The molecule has 0 atom stereocenters. The zero-order valence-corrected chi connectivity index (χ0v) is 17.7. The molecule has 3 aromatic rings. The molecule has 0 aliphatic heterocycles. The van der Waals surface area contributed by atoms with Crippen LogP contribution in [-0.4, -0.2) is 46.4 Å². The lowest BCUT2D eigenvalue weighted by atomic mass is 10.2. The number of hydrogen-bond acceptors (Lipinski definition) is 7. The van der Waals surface area contributed by atoms with Crippen LogP contribution in [0.3, 0.4) is 0 Å². The van der Waals surface area contributed by atoms with Crippen LogP contribution in [0.2, 0.25) is 0 Å². The van der Waals surface area contributed by atoms with E-state index in [4.69, 9.17) is 4.74 Å². The molecular weight excluding hydrogens is 428 g/mol. The van der Waals surface area contributed by atoms with E-state index in [1.54, 1.807) is 42.5 Å². The molecule has 1 aromatic heterocycles. The number of amides is 2. The van der Waals surface area contributed by atoms with E-state index in [9.17, 15) is 19.2 Å². The van der Waals surface area contributed by atoms with E-state index in [1.165, 1.54) is 6.92 Å². The number of carbonyl (C=O) groups excluding carboxylic acids is 3. The topological polar surface area (TPSA) is 158 Å². The maximum Gasteiger partial charge on any atom is 0.323 e. The summed E-state index contributed by atoms with van der Waals surface area (Å²) < 4.78 is 5.63. The predicted molar refractivity (Wildman–Crippen MR) is 124 cm³/mol. The zero-order chi connectivity index (χ0) is 23.8. The van der Waals surface area contributed by atoms with E-state index >= 15 is 0 Å². The monoisotopic (exact) mass is 450 g/mol. The summed E-state index contributed by atoms with van der Waals surface area (Å²) in [6, 6.07) is 11.6. The van der Waals surface area contributed by atoms with Gasteiger partial charge in [0.15, 0.2) is 11.5 Å². The van der Waals surface area contributed by atoms with Crippen LogP contribution in [0.15, 0.2) is 65.0 Å². The molecule has 0 bridgehead atoms. The van der Waals surface area contributed by atoms with E-state index < -0.39 is 11.7 Å². The van der Waals surface area contributed by atoms with Crippen molar-refractivity contribution in [3.05, 3.63) is 65.6 Å². The second kappa shape index (κ2) is 10.6. The first-order chi connectivity index (χ1) is 15.9. The van der Waals surface area contributed by atoms with E-state index in [-0.39, 0.29) is 30.5 Å². The smallest absolute Gasteiger partial charge is 0.323 e. The lowest BCUT2D eigenvalue weighted by Crippen LogP contribution is -2.29. The average molecular weight is 450 g/mol. The minimum absolute atomic E-state index is 0.186. The lowest BCUT2D eigenvalue weighted by Gasteiger charge is -2.12. The van der Waals surface area contributed by atoms with Crippen molar-refractivity contribution in [3.63, 3.8) is 0 Å². The van der Waals surface area contributed by atoms with Gasteiger partial charge in [-0.3, -0.25) is 19.8 Å². The first kappa shape index (κ1) is 23.0. The van der Waals surface area contributed by atoms with E-state index in [0.29, 0.717) is 28.2 Å². The molecule has 0 radical (unpaired) electrons. The van der Waals surface area contributed by atoms with Gasteiger partial charge in [0.25, 0.3) is 5.91 Å². The summed E-state index contributed by atoms with van der Waals surface area (Å²) in [7, 11) is 0. The van der Waals surface area contributed by atoms with Crippen LogP contribution in [0.1, 0.15) is 6.92 Å². The number of hydrazone groups is 1. The fraction of sp³-hybridized carbons (Fsp3) is 0.136. The number of rotatable bonds is 10. The quantitative estimate of drug-likeness (QED) is 0.104. The highest BCUT2D eigenvalue weighted by Gasteiger charge is 2.18. The van der Waals surface area contributed by atoms with Gasteiger partial charge in [-0.05, 0) is 36.4 Å². The highest BCUT2D eigenvalue weighted by molar-refractivity contribution is 6.67. The van der Waals surface area contributed by atoms with Crippen LogP contribution < -0.4 is 26.5 Å². The minimum atomic E-state index is -0.724. The Morgan fingerprint density at radius 1 is 1.12 bits per heavy atom. The first-order valence-electron chi connectivity index (χ1n) is 9.87. The molecule has 2 amide bonds. The van der Waals surface area contributed by atoms with Gasteiger partial charge in [-0.2, -0.15) is 5.10 Å². The van der Waals surface area contributed by atoms with Gasteiger partial charge in [-0.25, -0.2) is 4.79 Å². The number of carbonyl (C=O) groups is 3. The Hall–Kier alpha value is -4.67. The number of anilines is 2. The van der Waals surface area contributed by atoms with Crippen molar-refractivity contribution < 1.29 is 19.1 Å². The Bertz CT molecular complexity index is 1290. The second-order valence-electron chi connectivity index (χ2n) is 6.76. The molecule has 1 heterocycles. The van der Waals surface area contributed by atoms with Crippen molar-refractivity contribution in [2.75, 3.05) is 23.9 Å². The molecule has 33 heavy (non-hydrogen) atoms. The highest BCUT2D eigenvalue weighted by Crippen LogP contribution is 2.23. The zero-order valence-electron chi connectivity index (χ0n) is 17.7. The number of ether oxygens (including phenoxy) is 1. The number of hydrogen-bond donors (Lipinski definition) is 5. The second-order valence-corrected chi connectivity index (χ2v) is 6.76. The molecule has 2 aromatic carbocycles. The van der Waals surface area contributed by atoms with Crippen LogP contribution in [0.25, 0.3) is 11.0 Å². The number of nitrogens with zero attached hydrogens (tertiary/aromatic N) is 1. The summed E-state index contributed by atoms with van der Waals surface area (Å²) >= 11 is 0. The third-order valence-electron chi connectivity index (χ3n) is 4.34. The van der Waals surface area contributed by atoms with Gasteiger partial charge in [-0.1, -0.05) is 18.7 Å². The number of benzene rings is 2. The van der Waals surface area contributed by atoms with Gasteiger partial charge >= 0.3 is 5.69 Å². The van der Waals surface area contributed by atoms with Gasteiger partial charge in [-0.15, -0.1) is 0 Å². The molecule has 11 nitrogen and oxygen atoms in total. The van der Waals surface area contributed by atoms with Gasteiger partial charge in [0.2, 0.25) is 5.91 Å². The van der Waals surface area contributed by atoms with Gasteiger partial charge in [0.1, 0.15) is 12.4 Å². The van der Waals surface area contributed by atoms with Crippen molar-refractivity contribution in [2.24, 2.45) is 5.10 Å². The molecular formula is C22H22N6O5. The number of ketones is 1. The number of fused-ring (bicyclic) bond motifs is 1. The summed E-state index contributed by atoms with van der Waals surface area (Å²) in [6.07, 6.45) is 1.16. The Labute approximate surface area is 187 Å². The van der Waals surface area contributed by atoms with Gasteiger partial charge in [0.05, 0.1) is 23.3 Å². The fourth-order valence-corrected chi connectivity index (χ4v) is 2.80. The van der Waals surface area contributed by atoms with E-state index in [2.05, 4.69) is 37.7 Å². The summed E-state index contributed by atoms with van der Waals surface area (Å²) in [5.74, 6) is -1.17. The van der Waals surface area contributed by atoms with Crippen LogP contribution in [0.4, 0.5) is 11.4 Å². The summed E-state index contributed by atoms with van der Waals surface area (Å²) in [4.78, 5) is 52.5. The number of imidazole rings is 1. The molecule has 0 saturated carbocycles. The van der Waals surface area contributed by atoms with Gasteiger partial charge in [0, 0.05) is 12.6 Å². The minimum Gasteiger partial charge on any atom is -0.490 e. The standard InChI is InChI=1S/C22H22N6O5/c1-3-19(30)23-10-11-33-18-7-5-4-6-16(18)27-28-20(13(2)29)21(31)24-14-8-9-15-17(12-14)26-22(32)25-15/h3-9,12,27H,1,10-11H2,2H3,(H,23,30)(H,24,31)(H2,25,26,32)/b28-20+. The number of Topliss-reactive ketones (excluding diaryl/α,β-unsaturated/α-hetero) is 1. The molecule has 0 fully saturated rings. The van der Waals surface area contributed by atoms with Crippen LogP contribution in [0.5, 0.6) is 5.75 Å². The maximum atomic E-state index is 12.6. The third kappa shape index (κ3) is 6.17. The lowest BCUT2D eigenvalue weighted by molar-refractivity contribution is -0.117. The fourth-order valence-electron chi connectivity index (χ4n) is 2.80. The Kier molecular flexibility index (Phi) is 7.37. The van der Waals surface area contributed by atoms with Crippen molar-refractivity contribution in [2.45, 2.75) is 6.92 Å². The predicted octanol–water partition coefficient (Wildman–Crippen LogP) is 1.53. The number of para-hydroxylation sites is 2. The molecule has 11 heteroatoms. The van der Waals surface area contributed by atoms with Crippen LogP contribution in [-0.2, 0) is 14.4 Å². The molecule has 0 aliphatic rings. The van der Waals surface area contributed by atoms with Crippen molar-refractivity contribution in [1.29, 1.82) is 0 Å². The largest absolute Gasteiger partial charge is 0.490 e. The number of aromatic amines is 2. The molecule has 0 saturated heterocycles. The Morgan fingerprint density at radius 3 is 2.64 bits per heavy atom. The average Bonchev–Trinajstić information content (AvgIpc) is 3.16. The summed E-state index contributed by atoms with van der Waals surface area (Å²) in [6.45, 7) is 5.04.